The average molecular weight is 326 g/mol. The molecular weight excluding hydrogens is 304 g/mol. The Morgan fingerprint density at radius 3 is 2.42 bits per heavy atom. The lowest BCUT2D eigenvalue weighted by molar-refractivity contribution is -0.119. The summed E-state index contributed by atoms with van der Waals surface area (Å²) in [4.78, 5) is 23.3. The van der Waals surface area contributed by atoms with E-state index in [1.165, 1.54) is 5.56 Å². The van der Waals surface area contributed by atoms with Gasteiger partial charge in [-0.1, -0.05) is 49.4 Å². The van der Waals surface area contributed by atoms with Gasteiger partial charge in [-0.25, -0.2) is 0 Å². The van der Waals surface area contributed by atoms with Crippen molar-refractivity contribution in [2.45, 2.75) is 19.3 Å². The lowest BCUT2D eigenvalue weighted by Crippen LogP contribution is -2.29. The summed E-state index contributed by atoms with van der Waals surface area (Å²) in [5.41, 5.74) is 6.67. The Morgan fingerprint density at radius 2 is 1.75 bits per heavy atom. The number of rotatable bonds is 8. The zero-order valence-electron chi connectivity index (χ0n) is 13.7. The number of amides is 2. The van der Waals surface area contributed by atoms with E-state index in [1.54, 1.807) is 24.3 Å². The van der Waals surface area contributed by atoms with Crippen LogP contribution in [0.5, 0.6) is 5.75 Å². The molecular formula is C19H22N2O3. The summed E-state index contributed by atoms with van der Waals surface area (Å²) in [6, 6.07) is 16.9. The Morgan fingerprint density at radius 1 is 1.08 bits per heavy atom. The molecule has 5 heteroatoms. The van der Waals surface area contributed by atoms with E-state index in [4.69, 9.17) is 10.5 Å². The minimum absolute atomic E-state index is 0.232. The molecule has 3 N–H and O–H groups in total. The minimum Gasteiger partial charge on any atom is -0.483 e. The number of hydrogen-bond acceptors (Lipinski definition) is 3. The topological polar surface area (TPSA) is 81.4 Å². The Hall–Kier alpha value is -2.82. The van der Waals surface area contributed by atoms with Crippen molar-refractivity contribution in [3.8, 4) is 5.75 Å². The molecule has 0 saturated carbocycles. The Bertz CT molecular complexity index is 686. The van der Waals surface area contributed by atoms with Gasteiger partial charge >= 0.3 is 0 Å². The maximum Gasteiger partial charge on any atom is 0.255 e. The van der Waals surface area contributed by atoms with E-state index in [-0.39, 0.29) is 18.4 Å². The van der Waals surface area contributed by atoms with Gasteiger partial charge < -0.3 is 15.8 Å². The first-order valence-electron chi connectivity index (χ1n) is 7.95. The molecule has 0 radical (unpaired) electrons. The van der Waals surface area contributed by atoms with Crippen molar-refractivity contribution in [2.75, 3.05) is 13.2 Å². The maximum absolute atomic E-state index is 12.5. The first-order chi connectivity index (χ1) is 11.6. The predicted molar refractivity (Wildman–Crippen MR) is 92.9 cm³/mol. The van der Waals surface area contributed by atoms with Crippen LogP contribution in [0.3, 0.4) is 0 Å². The van der Waals surface area contributed by atoms with Crippen LogP contribution in [0.4, 0.5) is 0 Å². The molecule has 2 aromatic rings. The number of hydrogen-bond donors (Lipinski definition) is 2. The van der Waals surface area contributed by atoms with Crippen LogP contribution < -0.4 is 15.8 Å². The monoisotopic (exact) mass is 326 g/mol. The first kappa shape index (κ1) is 17.5. The van der Waals surface area contributed by atoms with Crippen molar-refractivity contribution in [1.82, 2.24) is 5.32 Å². The molecule has 0 fully saturated rings. The maximum atomic E-state index is 12.5. The van der Waals surface area contributed by atoms with Crippen molar-refractivity contribution < 1.29 is 14.3 Å². The smallest absolute Gasteiger partial charge is 0.255 e. The quantitative estimate of drug-likeness (QED) is 0.782. The van der Waals surface area contributed by atoms with Gasteiger partial charge in [-0.2, -0.15) is 0 Å². The number of para-hydroxylation sites is 1. The molecule has 0 aromatic heterocycles. The van der Waals surface area contributed by atoms with Gasteiger partial charge in [0.25, 0.3) is 11.8 Å². The van der Waals surface area contributed by atoms with Crippen molar-refractivity contribution in [1.29, 1.82) is 0 Å². The van der Waals surface area contributed by atoms with Crippen LogP contribution in [-0.4, -0.2) is 25.0 Å². The summed E-state index contributed by atoms with van der Waals surface area (Å²) in [5, 5.41) is 2.94. The number of nitrogens with two attached hydrogens (primary N) is 1. The summed E-state index contributed by atoms with van der Waals surface area (Å²) >= 11 is 0. The minimum atomic E-state index is -0.583. The second kappa shape index (κ2) is 8.72. The Labute approximate surface area is 141 Å². The van der Waals surface area contributed by atoms with Gasteiger partial charge in [-0.3, -0.25) is 9.59 Å². The summed E-state index contributed by atoms with van der Waals surface area (Å²) in [7, 11) is 0. The number of primary amides is 1. The van der Waals surface area contributed by atoms with E-state index in [0.29, 0.717) is 17.9 Å². The molecule has 2 rings (SSSR count). The van der Waals surface area contributed by atoms with Crippen molar-refractivity contribution in [2.24, 2.45) is 5.73 Å². The molecule has 5 nitrogen and oxygen atoms in total. The fourth-order valence-electron chi connectivity index (χ4n) is 2.46. The molecule has 0 unspecified atom stereocenters. The number of nitrogens with one attached hydrogen (secondary N) is 1. The molecule has 0 aliphatic rings. The van der Waals surface area contributed by atoms with E-state index in [0.717, 1.165) is 6.42 Å². The summed E-state index contributed by atoms with van der Waals surface area (Å²) in [5.74, 6) is -0.222. The van der Waals surface area contributed by atoms with Crippen LogP contribution in [0, 0.1) is 0 Å². The number of ether oxygens (including phenoxy) is 1. The standard InChI is InChI=1S/C19H22N2O3/c1-2-14(15-8-4-3-5-9-15)12-21-19(23)16-10-6-7-11-17(16)24-13-18(20)22/h3-11,14H,2,12-13H2,1H3,(H2,20,22)(H,21,23)/t14-/m0/s1. The van der Waals surface area contributed by atoms with Gasteiger partial charge in [-0.15, -0.1) is 0 Å². The van der Waals surface area contributed by atoms with E-state index in [2.05, 4.69) is 24.4 Å². The van der Waals surface area contributed by atoms with Crippen LogP contribution in [0.15, 0.2) is 54.6 Å². The van der Waals surface area contributed by atoms with E-state index < -0.39 is 5.91 Å². The van der Waals surface area contributed by atoms with Gasteiger partial charge in [0.2, 0.25) is 0 Å². The predicted octanol–water partition coefficient (Wildman–Crippen LogP) is 2.47. The molecule has 126 valence electrons. The van der Waals surface area contributed by atoms with Crippen molar-refractivity contribution >= 4 is 11.8 Å². The van der Waals surface area contributed by atoms with Gasteiger partial charge in [-0.05, 0) is 24.1 Å². The number of carbonyl (C=O) groups is 2. The second-order valence-corrected chi connectivity index (χ2v) is 5.48. The zero-order valence-corrected chi connectivity index (χ0v) is 13.7. The molecule has 0 heterocycles. The van der Waals surface area contributed by atoms with Crippen molar-refractivity contribution in [3.05, 3.63) is 65.7 Å². The molecule has 0 aliphatic heterocycles. The molecule has 2 amide bonds. The summed E-state index contributed by atoms with van der Waals surface area (Å²) in [6.07, 6.45) is 0.921. The number of carbonyl (C=O) groups excluding carboxylic acids is 2. The highest BCUT2D eigenvalue weighted by Crippen LogP contribution is 2.20. The first-order valence-corrected chi connectivity index (χ1v) is 7.95. The normalized spacial score (nSPS) is 11.5. The third-order valence-corrected chi connectivity index (χ3v) is 3.77. The molecule has 0 aliphatic carbocycles. The van der Waals surface area contributed by atoms with Gasteiger partial charge in [0.15, 0.2) is 6.61 Å². The fraction of sp³-hybridized carbons (Fsp3) is 0.263. The highest BCUT2D eigenvalue weighted by atomic mass is 16.5. The summed E-state index contributed by atoms with van der Waals surface area (Å²) < 4.78 is 5.30. The zero-order chi connectivity index (χ0) is 17.4. The van der Waals surface area contributed by atoms with Crippen molar-refractivity contribution in [3.63, 3.8) is 0 Å². The van der Waals surface area contributed by atoms with Crippen LogP contribution in [0.1, 0.15) is 35.2 Å². The van der Waals surface area contributed by atoms with Crippen LogP contribution in [-0.2, 0) is 4.79 Å². The Balaban J connectivity index is 2.03. The average Bonchev–Trinajstić information content (AvgIpc) is 2.61. The Kier molecular flexibility index (Phi) is 6.37. The molecule has 0 spiro atoms. The fourth-order valence-corrected chi connectivity index (χ4v) is 2.46. The highest BCUT2D eigenvalue weighted by molar-refractivity contribution is 5.97. The van der Waals surface area contributed by atoms with E-state index in [1.807, 2.05) is 18.2 Å². The van der Waals surface area contributed by atoms with E-state index in [9.17, 15) is 9.59 Å². The third kappa shape index (κ3) is 4.84. The molecule has 0 saturated heterocycles. The lowest BCUT2D eigenvalue weighted by Gasteiger charge is -2.17. The van der Waals surface area contributed by atoms with Gasteiger partial charge in [0.05, 0.1) is 5.56 Å². The molecule has 24 heavy (non-hydrogen) atoms. The second-order valence-electron chi connectivity index (χ2n) is 5.48. The molecule has 2 aromatic carbocycles. The highest BCUT2D eigenvalue weighted by Gasteiger charge is 2.15. The summed E-state index contributed by atoms with van der Waals surface area (Å²) in [6.45, 7) is 2.36. The van der Waals surface area contributed by atoms with Crippen LogP contribution in [0.2, 0.25) is 0 Å². The van der Waals surface area contributed by atoms with E-state index >= 15 is 0 Å². The SMILES string of the molecule is CC[C@@H](CNC(=O)c1ccccc1OCC(N)=O)c1ccccc1. The third-order valence-electron chi connectivity index (χ3n) is 3.77. The van der Waals surface area contributed by atoms with Gasteiger partial charge in [0.1, 0.15) is 5.75 Å². The van der Waals surface area contributed by atoms with Gasteiger partial charge in [0, 0.05) is 12.5 Å². The largest absolute Gasteiger partial charge is 0.483 e. The van der Waals surface area contributed by atoms with Crippen LogP contribution >= 0.6 is 0 Å². The van der Waals surface area contributed by atoms with Crippen LogP contribution in [0.25, 0.3) is 0 Å². The molecule has 1 atom stereocenters. The molecule has 0 bridgehead atoms. The lowest BCUT2D eigenvalue weighted by atomic mass is 9.96. The number of benzene rings is 2.